The molecule has 1 aliphatic heterocycles. The lowest BCUT2D eigenvalue weighted by atomic mass is 9.96. The van der Waals surface area contributed by atoms with Gasteiger partial charge in [0.15, 0.2) is 0 Å². The van der Waals surface area contributed by atoms with Crippen LogP contribution in [-0.2, 0) is 45.1 Å². The van der Waals surface area contributed by atoms with E-state index in [-0.39, 0.29) is 55.1 Å². The second-order valence-electron chi connectivity index (χ2n) is 15.0. The highest BCUT2D eigenvalue weighted by atomic mass is 32.2. The van der Waals surface area contributed by atoms with Gasteiger partial charge in [-0.25, -0.2) is 0 Å². The number of benzene rings is 1. The van der Waals surface area contributed by atoms with Crippen molar-refractivity contribution in [3.63, 3.8) is 0 Å². The van der Waals surface area contributed by atoms with Crippen molar-refractivity contribution in [3.8, 4) is 0 Å². The fourth-order valence-corrected chi connectivity index (χ4v) is 7.62. The molecule has 0 unspecified atom stereocenters. The minimum atomic E-state index is -1.10. The van der Waals surface area contributed by atoms with Gasteiger partial charge in [0.05, 0.1) is 0 Å². The molecule has 2 rings (SSSR count). The van der Waals surface area contributed by atoms with Crippen LogP contribution in [-0.4, -0.2) is 94.8 Å². The fraction of sp³-hybridized carbons (Fsp3) is 0.667. The number of aliphatic carboxylic acids is 1. The van der Waals surface area contributed by atoms with Gasteiger partial charge in [0, 0.05) is 42.4 Å². The number of hydrogen-bond donors (Lipinski definition) is 7. The van der Waals surface area contributed by atoms with E-state index in [1.165, 1.54) is 18.7 Å². The van der Waals surface area contributed by atoms with Crippen molar-refractivity contribution in [3.05, 3.63) is 35.4 Å². The second kappa shape index (κ2) is 24.7. The summed E-state index contributed by atoms with van der Waals surface area (Å²) in [5, 5.41) is 25.7. The molecule has 2 bridgehead atoms. The fourth-order valence-electron chi connectivity index (χ4n) is 5.81. The normalized spacial score (nSPS) is 22.1. The first-order chi connectivity index (χ1) is 26.0. The van der Waals surface area contributed by atoms with Gasteiger partial charge >= 0.3 is 5.97 Å². The van der Waals surface area contributed by atoms with E-state index in [0.29, 0.717) is 36.6 Å². The van der Waals surface area contributed by atoms with E-state index < -0.39 is 65.7 Å². The number of carboxylic acid groups (broad SMARTS) is 1. The van der Waals surface area contributed by atoms with Gasteiger partial charge in [-0.05, 0) is 55.1 Å². The zero-order chi connectivity index (χ0) is 41.1. The van der Waals surface area contributed by atoms with Gasteiger partial charge in [-0.1, -0.05) is 72.2 Å². The van der Waals surface area contributed by atoms with E-state index in [1.807, 2.05) is 59.7 Å². The molecule has 14 nitrogen and oxygen atoms in total. The van der Waals surface area contributed by atoms with Crippen LogP contribution in [0.25, 0.3) is 0 Å². The Morgan fingerprint density at radius 3 is 2.16 bits per heavy atom. The highest BCUT2D eigenvalue weighted by Crippen LogP contribution is 2.19. The van der Waals surface area contributed by atoms with Crippen LogP contribution in [0, 0.1) is 17.8 Å². The molecule has 0 radical (unpaired) electrons. The summed E-state index contributed by atoms with van der Waals surface area (Å²) in [5.74, 6) is -2.18. The van der Waals surface area contributed by atoms with Crippen molar-refractivity contribution in [1.29, 1.82) is 0 Å². The lowest BCUT2D eigenvalue weighted by molar-refractivity contribution is -0.137. The summed E-state index contributed by atoms with van der Waals surface area (Å²) in [7, 11) is 0. The minimum absolute atomic E-state index is 0.00530. The number of hydrogen-bond acceptors (Lipinski definition) is 9. The molecule has 0 saturated heterocycles. The maximum absolute atomic E-state index is 13.8. The molecule has 6 amide bonds. The highest BCUT2D eigenvalue weighted by molar-refractivity contribution is 7.98. The van der Waals surface area contributed by atoms with Gasteiger partial charge in [0.2, 0.25) is 35.4 Å². The molecule has 1 aromatic carbocycles. The third-order valence-electron chi connectivity index (χ3n) is 9.03. The molecule has 7 N–H and O–H groups in total. The van der Waals surface area contributed by atoms with Crippen LogP contribution in [0.1, 0.15) is 98.1 Å². The first-order valence-electron chi connectivity index (χ1n) is 19.2. The van der Waals surface area contributed by atoms with Crippen LogP contribution in [0.3, 0.4) is 0 Å². The van der Waals surface area contributed by atoms with E-state index in [2.05, 4.69) is 38.0 Å². The van der Waals surface area contributed by atoms with Crippen molar-refractivity contribution >= 4 is 64.9 Å². The molecule has 0 aliphatic carbocycles. The first kappa shape index (κ1) is 47.4. The minimum Gasteiger partial charge on any atom is -0.481 e. The third-order valence-corrected chi connectivity index (χ3v) is 11.2. The molecule has 16 heteroatoms. The Bertz CT molecular complexity index is 1460. The number of thioether (sulfide) groups is 2. The van der Waals surface area contributed by atoms with Gasteiger partial charge in [-0.2, -0.15) is 23.5 Å². The second-order valence-corrected chi connectivity index (χ2v) is 17.2. The summed E-state index contributed by atoms with van der Waals surface area (Å²) < 4.78 is 0. The van der Waals surface area contributed by atoms with Gasteiger partial charge in [0.25, 0.3) is 0 Å². The van der Waals surface area contributed by atoms with Crippen molar-refractivity contribution in [2.24, 2.45) is 17.8 Å². The molecule has 308 valence electrons. The molecule has 55 heavy (non-hydrogen) atoms. The van der Waals surface area contributed by atoms with Crippen molar-refractivity contribution in [1.82, 2.24) is 31.9 Å². The SMILES string of the molecule is CC[C@H](C)[C@@H]1NC(=O)[C@H](CC(C)C)NC(=O)[C@H](C)NC(=O)[C@H](NC(=O)[C@H](CC(C)C)NC(=O)CCCC(=O)O)CSCc2cccc(c2)CSCCNC1=O. The summed E-state index contributed by atoms with van der Waals surface area (Å²) in [5.41, 5.74) is 2.11. The smallest absolute Gasteiger partial charge is 0.303 e. The molecule has 0 spiro atoms. The number of carboxylic acids is 1. The molecular weight excluding hydrogens is 745 g/mol. The Kier molecular flexibility index (Phi) is 21.2. The van der Waals surface area contributed by atoms with Crippen LogP contribution >= 0.6 is 23.5 Å². The summed E-state index contributed by atoms with van der Waals surface area (Å²) >= 11 is 3.09. The summed E-state index contributed by atoms with van der Waals surface area (Å²) in [6.07, 6.45) is 1.08. The maximum atomic E-state index is 13.8. The average Bonchev–Trinajstić information content (AvgIpc) is 3.11. The molecule has 6 atom stereocenters. The quantitative estimate of drug-likeness (QED) is 0.155. The lowest BCUT2D eigenvalue weighted by Crippen LogP contribution is -2.59. The van der Waals surface area contributed by atoms with E-state index in [4.69, 9.17) is 5.11 Å². The lowest BCUT2D eigenvalue weighted by Gasteiger charge is -2.28. The zero-order valence-corrected chi connectivity index (χ0v) is 35.0. The number of nitrogens with one attached hydrogen (secondary N) is 6. The molecule has 0 aromatic heterocycles. The summed E-state index contributed by atoms with van der Waals surface area (Å²) in [4.78, 5) is 91.6. The van der Waals surface area contributed by atoms with E-state index in [0.717, 1.165) is 11.1 Å². The molecular formula is C39H62N6O8S2. The summed E-state index contributed by atoms with van der Waals surface area (Å²) in [6, 6.07) is 3.09. The number of amides is 6. The molecule has 0 fully saturated rings. The molecule has 1 aromatic rings. The van der Waals surface area contributed by atoms with Crippen molar-refractivity contribution < 1.29 is 38.7 Å². The monoisotopic (exact) mass is 806 g/mol. The number of rotatable bonds is 13. The van der Waals surface area contributed by atoms with E-state index in [9.17, 15) is 33.6 Å². The van der Waals surface area contributed by atoms with Gasteiger partial charge in [-0.3, -0.25) is 33.6 Å². The largest absolute Gasteiger partial charge is 0.481 e. The van der Waals surface area contributed by atoms with Gasteiger partial charge in [-0.15, -0.1) is 0 Å². The topological polar surface area (TPSA) is 212 Å². The van der Waals surface area contributed by atoms with Crippen LogP contribution in [0.2, 0.25) is 0 Å². The van der Waals surface area contributed by atoms with E-state index >= 15 is 0 Å². The Balaban J connectivity index is 2.39. The molecule has 0 saturated carbocycles. The first-order valence-corrected chi connectivity index (χ1v) is 21.5. The van der Waals surface area contributed by atoms with Gasteiger partial charge in [0.1, 0.15) is 30.2 Å². The van der Waals surface area contributed by atoms with Gasteiger partial charge < -0.3 is 37.0 Å². The van der Waals surface area contributed by atoms with Crippen LogP contribution < -0.4 is 31.9 Å². The van der Waals surface area contributed by atoms with Crippen molar-refractivity contribution in [2.75, 3.05) is 18.1 Å². The predicted octanol–water partition coefficient (Wildman–Crippen LogP) is 3.12. The maximum Gasteiger partial charge on any atom is 0.303 e. The average molecular weight is 807 g/mol. The number of carbonyl (C=O) groups excluding carboxylic acids is 6. The highest BCUT2D eigenvalue weighted by Gasteiger charge is 2.33. The number of fused-ring (bicyclic) bond motifs is 2. The molecule has 1 aliphatic rings. The standard InChI is InChI=1S/C39H62N6O8S2/c1-8-25(6)34-39(53)40-15-16-54-20-27-11-9-12-28(19-27)21-55-22-31(38(52)41-26(7)35(49)43-30(18-24(4)5)37(51)45-34)44-36(50)29(17-23(2)3)42-32(46)13-10-14-33(47)48/h9,11-12,19,23-26,29-31,34H,8,10,13-18,20-22H2,1-7H3,(H,40,53)(H,41,52)(H,42,46)(H,43,49)(H,44,50)(H,45,51)(H,47,48)/t25-,26-,29-,30-,31+,34-/m0/s1. The van der Waals surface area contributed by atoms with Crippen LogP contribution in [0.4, 0.5) is 0 Å². The van der Waals surface area contributed by atoms with E-state index in [1.54, 1.807) is 11.8 Å². The zero-order valence-electron chi connectivity index (χ0n) is 33.3. The number of carbonyl (C=O) groups is 7. The van der Waals surface area contributed by atoms with Crippen LogP contribution in [0.5, 0.6) is 0 Å². The molecule has 1 heterocycles. The Morgan fingerprint density at radius 1 is 0.873 bits per heavy atom. The third kappa shape index (κ3) is 18.1. The summed E-state index contributed by atoms with van der Waals surface area (Å²) in [6.45, 7) is 13.3. The Labute approximate surface area is 334 Å². The van der Waals surface area contributed by atoms with Crippen molar-refractivity contribution in [2.45, 2.75) is 129 Å². The Hall–Kier alpha value is -3.79. The predicted molar refractivity (Wildman–Crippen MR) is 217 cm³/mol. The van der Waals surface area contributed by atoms with Crippen LogP contribution in [0.15, 0.2) is 24.3 Å². The Morgan fingerprint density at radius 2 is 1.55 bits per heavy atom.